The third-order valence-electron chi connectivity index (χ3n) is 5.07. The van der Waals surface area contributed by atoms with E-state index in [4.69, 9.17) is 0 Å². The van der Waals surface area contributed by atoms with E-state index >= 15 is 0 Å². The molecule has 0 aromatic rings. The molecule has 2 fully saturated rings. The summed E-state index contributed by atoms with van der Waals surface area (Å²) in [6.07, 6.45) is 7.02. The molecule has 2 aliphatic rings. The summed E-state index contributed by atoms with van der Waals surface area (Å²) in [5.74, 6) is 1.83. The largest absolute Gasteiger partial charge is 0.317 e. The van der Waals surface area contributed by atoms with Crippen LogP contribution in [0.25, 0.3) is 0 Å². The van der Waals surface area contributed by atoms with Crippen LogP contribution >= 0.6 is 0 Å². The van der Waals surface area contributed by atoms with E-state index in [1.165, 1.54) is 45.2 Å². The molecule has 2 nitrogen and oxygen atoms in total. The Morgan fingerprint density at radius 2 is 1.69 bits per heavy atom. The van der Waals surface area contributed by atoms with Gasteiger partial charge in [-0.2, -0.15) is 0 Å². The molecule has 2 heteroatoms. The molecule has 0 spiro atoms. The zero-order valence-electron chi connectivity index (χ0n) is 11.2. The number of likely N-dealkylation sites (tertiary alicyclic amines) is 1. The van der Waals surface area contributed by atoms with Crippen molar-refractivity contribution in [2.45, 2.75) is 58.0 Å². The molecule has 0 amide bonds. The predicted octanol–water partition coefficient (Wildman–Crippen LogP) is 2.49. The second kappa shape index (κ2) is 5.50. The van der Waals surface area contributed by atoms with Crippen LogP contribution in [0, 0.1) is 11.8 Å². The minimum absolute atomic E-state index is 0.771. The molecule has 2 rings (SSSR count). The second-order valence-corrected chi connectivity index (χ2v) is 5.93. The van der Waals surface area contributed by atoms with Crippen LogP contribution in [0.1, 0.15) is 46.0 Å². The summed E-state index contributed by atoms with van der Waals surface area (Å²) in [5.41, 5.74) is 0. The minimum Gasteiger partial charge on any atom is -0.317 e. The van der Waals surface area contributed by atoms with Crippen molar-refractivity contribution in [3.05, 3.63) is 0 Å². The molecule has 16 heavy (non-hydrogen) atoms. The van der Waals surface area contributed by atoms with Crippen LogP contribution in [0.5, 0.6) is 0 Å². The molecule has 1 saturated heterocycles. The smallest absolute Gasteiger partial charge is 0.0123 e. The molecular formula is C14H28N2. The van der Waals surface area contributed by atoms with Crippen LogP contribution in [-0.2, 0) is 0 Å². The highest BCUT2D eigenvalue weighted by atomic mass is 15.2. The summed E-state index contributed by atoms with van der Waals surface area (Å²) in [6, 6.07) is 1.65. The molecule has 1 heterocycles. The van der Waals surface area contributed by atoms with E-state index in [0.29, 0.717) is 0 Å². The van der Waals surface area contributed by atoms with Crippen molar-refractivity contribution in [1.82, 2.24) is 10.2 Å². The summed E-state index contributed by atoms with van der Waals surface area (Å²) in [4.78, 5) is 2.77. The van der Waals surface area contributed by atoms with Crippen molar-refractivity contribution in [3.63, 3.8) is 0 Å². The lowest BCUT2D eigenvalue weighted by molar-refractivity contribution is 0.0588. The molecule has 0 aromatic heterocycles. The number of rotatable bonds is 2. The van der Waals surface area contributed by atoms with Gasteiger partial charge in [0.2, 0.25) is 0 Å². The molecule has 1 aliphatic heterocycles. The maximum atomic E-state index is 3.42. The fraction of sp³-hybridized carbons (Fsp3) is 1.00. The Balaban J connectivity index is 1.88. The van der Waals surface area contributed by atoms with E-state index in [1.54, 1.807) is 0 Å². The summed E-state index contributed by atoms with van der Waals surface area (Å²) in [5, 5.41) is 3.42. The van der Waals surface area contributed by atoms with Crippen LogP contribution in [0.2, 0.25) is 0 Å². The van der Waals surface area contributed by atoms with Crippen molar-refractivity contribution in [3.8, 4) is 0 Å². The van der Waals surface area contributed by atoms with Crippen LogP contribution in [-0.4, -0.2) is 37.1 Å². The predicted molar refractivity (Wildman–Crippen MR) is 69.6 cm³/mol. The van der Waals surface area contributed by atoms with Gasteiger partial charge in [-0.15, -0.1) is 0 Å². The van der Waals surface area contributed by atoms with Crippen molar-refractivity contribution in [2.24, 2.45) is 11.8 Å². The van der Waals surface area contributed by atoms with E-state index in [2.05, 4.69) is 31.1 Å². The lowest BCUT2D eigenvalue weighted by Gasteiger charge is -2.44. The van der Waals surface area contributed by atoms with Gasteiger partial charge in [0.25, 0.3) is 0 Å². The molecule has 1 saturated carbocycles. The fourth-order valence-electron chi connectivity index (χ4n) is 3.59. The Hall–Kier alpha value is -0.0800. The van der Waals surface area contributed by atoms with E-state index in [0.717, 1.165) is 23.9 Å². The highest BCUT2D eigenvalue weighted by molar-refractivity contribution is 4.87. The Morgan fingerprint density at radius 1 is 1.00 bits per heavy atom. The van der Waals surface area contributed by atoms with Crippen LogP contribution in [0.3, 0.4) is 0 Å². The molecule has 1 aliphatic carbocycles. The van der Waals surface area contributed by atoms with Crippen LogP contribution in [0.15, 0.2) is 0 Å². The van der Waals surface area contributed by atoms with Gasteiger partial charge in [-0.3, -0.25) is 4.90 Å². The first-order chi connectivity index (χ1) is 7.72. The summed E-state index contributed by atoms with van der Waals surface area (Å²) >= 11 is 0. The third kappa shape index (κ3) is 2.60. The molecule has 0 radical (unpaired) electrons. The van der Waals surface area contributed by atoms with Crippen LogP contribution < -0.4 is 5.32 Å². The highest BCUT2D eigenvalue weighted by Gasteiger charge is 2.32. The average molecular weight is 224 g/mol. The van der Waals surface area contributed by atoms with Crippen molar-refractivity contribution >= 4 is 0 Å². The quantitative estimate of drug-likeness (QED) is 0.775. The lowest BCUT2D eigenvalue weighted by Crippen LogP contribution is -2.50. The van der Waals surface area contributed by atoms with Gasteiger partial charge in [0.05, 0.1) is 0 Å². The molecular weight excluding hydrogens is 196 g/mol. The SMILES string of the molecule is CNC1CCN(C2CCCC(C)C2C)CC1. The van der Waals surface area contributed by atoms with Gasteiger partial charge in [0.1, 0.15) is 0 Å². The van der Waals surface area contributed by atoms with Gasteiger partial charge in [0.15, 0.2) is 0 Å². The zero-order valence-corrected chi connectivity index (χ0v) is 11.2. The van der Waals surface area contributed by atoms with Gasteiger partial charge in [-0.1, -0.05) is 26.7 Å². The third-order valence-corrected chi connectivity index (χ3v) is 5.07. The molecule has 3 atom stereocenters. The summed E-state index contributed by atoms with van der Waals surface area (Å²) < 4.78 is 0. The number of nitrogens with zero attached hydrogens (tertiary/aromatic N) is 1. The van der Waals surface area contributed by atoms with E-state index in [-0.39, 0.29) is 0 Å². The fourth-order valence-corrected chi connectivity index (χ4v) is 3.59. The molecule has 0 aromatic carbocycles. The Bertz CT molecular complexity index is 209. The molecule has 94 valence electrons. The summed E-state index contributed by atoms with van der Waals surface area (Å²) in [7, 11) is 2.10. The maximum absolute atomic E-state index is 3.42. The topological polar surface area (TPSA) is 15.3 Å². The Kier molecular flexibility index (Phi) is 4.26. The van der Waals surface area contributed by atoms with Gasteiger partial charge in [-0.05, 0) is 51.2 Å². The van der Waals surface area contributed by atoms with Crippen molar-refractivity contribution in [1.29, 1.82) is 0 Å². The minimum atomic E-state index is 0.771. The van der Waals surface area contributed by atoms with Crippen molar-refractivity contribution < 1.29 is 0 Å². The first kappa shape index (κ1) is 12.4. The number of nitrogens with one attached hydrogen (secondary N) is 1. The lowest BCUT2D eigenvalue weighted by atomic mass is 9.77. The average Bonchev–Trinajstić information content (AvgIpc) is 2.33. The number of piperidine rings is 1. The van der Waals surface area contributed by atoms with Gasteiger partial charge in [0, 0.05) is 12.1 Å². The second-order valence-electron chi connectivity index (χ2n) is 5.93. The van der Waals surface area contributed by atoms with E-state index in [9.17, 15) is 0 Å². The highest BCUT2D eigenvalue weighted by Crippen LogP contribution is 2.33. The monoisotopic (exact) mass is 224 g/mol. The van der Waals surface area contributed by atoms with Crippen LogP contribution in [0.4, 0.5) is 0 Å². The van der Waals surface area contributed by atoms with E-state index < -0.39 is 0 Å². The first-order valence-electron chi connectivity index (χ1n) is 7.13. The molecule has 3 unspecified atom stereocenters. The molecule has 1 N–H and O–H groups in total. The van der Waals surface area contributed by atoms with Gasteiger partial charge >= 0.3 is 0 Å². The zero-order chi connectivity index (χ0) is 11.5. The van der Waals surface area contributed by atoms with E-state index in [1.807, 2.05) is 0 Å². The number of hydrogen-bond acceptors (Lipinski definition) is 2. The van der Waals surface area contributed by atoms with Gasteiger partial charge < -0.3 is 5.32 Å². The molecule has 0 bridgehead atoms. The normalized spacial score (nSPS) is 38.8. The Morgan fingerprint density at radius 3 is 2.31 bits per heavy atom. The van der Waals surface area contributed by atoms with Crippen molar-refractivity contribution in [2.75, 3.05) is 20.1 Å². The maximum Gasteiger partial charge on any atom is 0.0123 e. The Labute approximate surface area is 101 Å². The number of hydrogen-bond donors (Lipinski definition) is 1. The van der Waals surface area contributed by atoms with Gasteiger partial charge in [-0.25, -0.2) is 0 Å². The standard InChI is InChI=1S/C14H28N2/c1-11-5-4-6-14(12(11)2)16-9-7-13(15-3)8-10-16/h11-15H,4-10H2,1-3H3. The summed E-state index contributed by atoms with van der Waals surface area (Å²) in [6.45, 7) is 7.54. The first-order valence-corrected chi connectivity index (χ1v) is 7.13.